The Labute approximate surface area is 151 Å². The van der Waals surface area contributed by atoms with Gasteiger partial charge < -0.3 is 10.1 Å². The summed E-state index contributed by atoms with van der Waals surface area (Å²) >= 11 is 0. The van der Waals surface area contributed by atoms with E-state index >= 15 is 0 Å². The molecule has 0 fully saturated rings. The predicted octanol–water partition coefficient (Wildman–Crippen LogP) is 1.89. The van der Waals surface area contributed by atoms with Crippen molar-refractivity contribution in [3.8, 4) is 5.75 Å². The Morgan fingerprint density at radius 3 is 2.85 bits per heavy atom. The van der Waals surface area contributed by atoms with Crippen molar-refractivity contribution in [3.63, 3.8) is 0 Å². The minimum absolute atomic E-state index is 0.0797. The second-order valence-electron chi connectivity index (χ2n) is 6.03. The average molecular weight is 354 g/mol. The topological polar surface area (TPSA) is 86.9 Å². The van der Waals surface area contributed by atoms with Crippen LogP contribution in [0, 0.1) is 13.8 Å². The zero-order valence-electron chi connectivity index (χ0n) is 15.1. The number of hydrogen-bond donors (Lipinski definition) is 1. The molecule has 0 radical (unpaired) electrons. The molecule has 0 aliphatic rings. The van der Waals surface area contributed by atoms with Crippen LogP contribution in [0.2, 0.25) is 0 Å². The Balaban J connectivity index is 1.56. The maximum atomic E-state index is 12.4. The molecule has 0 bridgehead atoms. The first-order chi connectivity index (χ1) is 12.5. The number of amides is 1. The van der Waals surface area contributed by atoms with Crippen molar-refractivity contribution in [2.45, 2.75) is 26.8 Å². The number of ether oxygens (including phenoxy) is 1. The number of carbonyl (C=O) groups is 1. The van der Waals surface area contributed by atoms with Gasteiger partial charge in [0.1, 0.15) is 25.0 Å². The van der Waals surface area contributed by atoms with Crippen LogP contribution >= 0.6 is 0 Å². The molecule has 0 spiro atoms. The van der Waals surface area contributed by atoms with E-state index in [2.05, 4.69) is 20.5 Å². The Hall–Kier alpha value is -3.16. The van der Waals surface area contributed by atoms with Gasteiger partial charge in [-0.25, -0.2) is 9.67 Å². The average Bonchev–Trinajstić information content (AvgIpc) is 3.20. The zero-order chi connectivity index (χ0) is 18.5. The van der Waals surface area contributed by atoms with Crippen LogP contribution in [0.15, 0.2) is 36.9 Å². The fourth-order valence-corrected chi connectivity index (χ4v) is 2.71. The molecule has 0 saturated carbocycles. The minimum Gasteiger partial charge on any atom is -0.492 e. The first kappa shape index (κ1) is 17.7. The number of rotatable bonds is 7. The number of nitrogens with one attached hydrogen (secondary N) is 1. The Morgan fingerprint density at radius 1 is 1.31 bits per heavy atom. The van der Waals surface area contributed by atoms with Crippen LogP contribution in [0.3, 0.4) is 0 Å². The van der Waals surface area contributed by atoms with E-state index in [1.807, 2.05) is 45.2 Å². The molecule has 8 heteroatoms. The summed E-state index contributed by atoms with van der Waals surface area (Å²) in [4.78, 5) is 16.3. The van der Waals surface area contributed by atoms with Crippen molar-refractivity contribution in [2.24, 2.45) is 7.05 Å². The summed E-state index contributed by atoms with van der Waals surface area (Å²) in [6.07, 6.45) is 3.42. The van der Waals surface area contributed by atoms with Gasteiger partial charge >= 0.3 is 0 Å². The maximum absolute atomic E-state index is 12.4. The molecule has 1 amide bonds. The summed E-state index contributed by atoms with van der Waals surface area (Å²) in [6, 6.07) is 7.35. The Bertz CT molecular complexity index is 885. The van der Waals surface area contributed by atoms with Gasteiger partial charge in [-0.15, -0.1) is 0 Å². The number of nitrogens with zero attached hydrogens (tertiary/aromatic N) is 5. The molecule has 0 unspecified atom stereocenters. The lowest BCUT2D eigenvalue weighted by Gasteiger charge is -2.09. The first-order valence-electron chi connectivity index (χ1n) is 8.37. The van der Waals surface area contributed by atoms with Crippen LogP contribution in [0.1, 0.15) is 17.0 Å². The monoisotopic (exact) mass is 354 g/mol. The highest BCUT2D eigenvalue weighted by atomic mass is 16.5. The van der Waals surface area contributed by atoms with Crippen molar-refractivity contribution in [1.29, 1.82) is 0 Å². The molecule has 0 atom stereocenters. The van der Waals surface area contributed by atoms with Gasteiger partial charge in [0.25, 0.3) is 0 Å². The maximum Gasteiger partial charge on any atom is 0.228 e. The normalized spacial score (nSPS) is 10.7. The molecule has 3 aromatic rings. The lowest BCUT2D eigenvalue weighted by molar-refractivity contribution is -0.115. The fraction of sp³-hybridized carbons (Fsp3) is 0.333. The zero-order valence-corrected chi connectivity index (χ0v) is 15.1. The SMILES string of the molecule is Cc1nn(C)c(C)c1CC(=O)Nc1cccc(OCCn2cncn2)c1. The quantitative estimate of drug-likeness (QED) is 0.700. The van der Waals surface area contributed by atoms with E-state index in [1.165, 1.54) is 6.33 Å². The van der Waals surface area contributed by atoms with Gasteiger partial charge in [-0.2, -0.15) is 10.2 Å². The Morgan fingerprint density at radius 2 is 2.15 bits per heavy atom. The van der Waals surface area contributed by atoms with E-state index in [1.54, 1.807) is 15.7 Å². The lowest BCUT2D eigenvalue weighted by atomic mass is 10.1. The fourth-order valence-electron chi connectivity index (χ4n) is 2.71. The van der Waals surface area contributed by atoms with Gasteiger partial charge in [-0.05, 0) is 26.0 Å². The second kappa shape index (κ2) is 7.81. The summed E-state index contributed by atoms with van der Waals surface area (Å²) < 4.78 is 9.20. The van der Waals surface area contributed by atoms with Gasteiger partial charge in [0.05, 0.1) is 18.7 Å². The molecule has 0 aliphatic carbocycles. The minimum atomic E-state index is -0.0797. The van der Waals surface area contributed by atoms with Crippen LogP contribution in [0.4, 0.5) is 5.69 Å². The molecule has 26 heavy (non-hydrogen) atoms. The number of anilines is 1. The summed E-state index contributed by atoms with van der Waals surface area (Å²) in [5, 5.41) is 11.3. The van der Waals surface area contributed by atoms with Crippen molar-refractivity contribution in [1.82, 2.24) is 24.5 Å². The third-order valence-corrected chi connectivity index (χ3v) is 4.17. The largest absolute Gasteiger partial charge is 0.492 e. The van der Waals surface area contributed by atoms with Gasteiger partial charge in [0.2, 0.25) is 5.91 Å². The molecular weight excluding hydrogens is 332 g/mol. The van der Waals surface area contributed by atoms with Gasteiger partial charge in [0.15, 0.2) is 0 Å². The summed E-state index contributed by atoms with van der Waals surface area (Å²) in [6.45, 7) is 4.95. The standard InChI is InChI=1S/C18H22N6O2/c1-13-17(14(2)23(3)22-13)10-18(25)21-15-5-4-6-16(9-15)26-8-7-24-12-19-11-20-24/h4-6,9,11-12H,7-8,10H2,1-3H3,(H,21,25). The van der Waals surface area contributed by atoms with Crippen LogP contribution in [0.5, 0.6) is 5.75 Å². The van der Waals surface area contributed by atoms with Crippen LogP contribution in [0.25, 0.3) is 0 Å². The molecule has 3 rings (SSSR count). The molecule has 1 aromatic carbocycles. The van der Waals surface area contributed by atoms with Crippen LogP contribution in [-0.2, 0) is 24.8 Å². The Kier molecular flexibility index (Phi) is 5.31. The third-order valence-electron chi connectivity index (χ3n) is 4.17. The van der Waals surface area contributed by atoms with Crippen molar-refractivity contribution in [2.75, 3.05) is 11.9 Å². The van der Waals surface area contributed by atoms with Gasteiger partial charge in [-0.3, -0.25) is 9.48 Å². The smallest absolute Gasteiger partial charge is 0.228 e. The second-order valence-corrected chi connectivity index (χ2v) is 6.03. The third kappa shape index (κ3) is 4.27. The first-order valence-corrected chi connectivity index (χ1v) is 8.37. The lowest BCUT2D eigenvalue weighted by Crippen LogP contribution is -2.15. The molecule has 2 heterocycles. The molecule has 0 saturated heterocycles. The van der Waals surface area contributed by atoms with E-state index in [4.69, 9.17) is 4.74 Å². The molecule has 136 valence electrons. The highest BCUT2D eigenvalue weighted by Crippen LogP contribution is 2.19. The summed E-state index contributed by atoms with van der Waals surface area (Å²) in [7, 11) is 1.88. The number of hydrogen-bond acceptors (Lipinski definition) is 5. The predicted molar refractivity (Wildman–Crippen MR) is 97.0 cm³/mol. The molecular formula is C18H22N6O2. The van der Waals surface area contributed by atoms with Crippen molar-refractivity contribution < 1.29 is 9.53 Å². The number of aromatic nitrogens is 5. The van der Waals surface area contributed by atoms with Crippen LogP contribution < -0.4 is 10.1 Å². The number of benzene rings is 1. The highest BCUT2D eigenvalue weighted by molar-refractivity contribution is 5.92. The van der Waals surface area contributed by atoms with Crippen LogP contribution in [-0.4, -0.2) is 37.1 Å². The summed E-state index contributed by atoms with van der Waals surface area (Å²) in [5.74, 6) is 0.612. The molecule has 0 aliphatic heterocycles. The number of carbonyl (C=O) groups excluding carboxylic acids is 1. The summed E-state index contributed by atoms with van der Waals surface area (Å²) in [5.41, 5.74) is 3.55. The molecule has 8 nitrogen and oxygen atoms in total. The van der Waals surface area contributed by atoms with Crippen molar-refractivity contribution in [3.05, 3.63) is 53.9 Å². The van der Waals surface area contributed by atoms with E-state index in [0.29, 0.717) is 31.0 Å². The van der Waals surface area contributed by atoms with Gasteiger partial charge in [-0.1, -0.05) is 6.07 Å². The molecule has 1 N–H and O–H groups in total. The van der Waals surface area contributed by atoms with Crippen molar-refractivity contribution >= 4 is 11.6 Å². The highest BCUT2D eigenvalue weighted by Gasteiger charge is 2.13. The van der Waals surface area contributed by atoms with Gasteiger partial charge in [0, 0.05) is 30.1 Å². The van der Waals surface area contributed by atoms with E-state index in [9.17, 15) is 4.79 Å². The van der Waals surface area contributed by atoms with E-state index in [0.717, 1.165) is 17.0 Å². The number of aryl methyl sites for hydroxylation is 2. The molecule has 2 aromatic heterocycles. The van der Waals surface area contributed by atoms with E-state index < -0.39 is 0 Å². The van der Waals surface area contributed by atoms with E-state index in [-0.39, 0.29) is 5.91 Å².